The van der Waals surface area contributed by atoms with Gasteiger partial charge in [0, 0.05) is 45.1 Å². The Labute approximate surface area is 163 Å². The quantitative estimate of drug-likeness (QED) is 0.728. The van der Waals surface area contributed by atoms with Gasteiger partial charge in [0.25, 0.3) is 5.91 Å². The van der Waals surface area contributed by atoms with E-state index < -0.39 is 0 Å². The summed E-state index contributed by atoms with van der Waals surface area (Å²) in [7, 11) is 0. The highest BCUT2D eigenvalue weighted by atomic mass is 16.2. The molecule has 1 fully saturated rings. The molecule has 4 rings (SSSR count). The number of nitrogens with zero attached hydrogens (tertiary/aromatic N) is 6. The van der Waals surface area contributed by atoms with Crippen molar-refractivity contribution in [2.45, 2.75) is 6.54 Å². The topological polar surface area (TPSA) is 87.1 Å². The highest BCUT2D eigenvalue weighted by Gasteiger charge is 2.24. The van der Waals surface area contributed by atoms with Gasteiger partial charge in [-0.3, -0.25) is 4.79 Å². The number of hydrogen-bond donors (Lipinski definition) is 1. The molecule has 8 heteroatoms. The Morgan fingerprint density at radius 3 is 2.32 bits per heavy atom. The van der Waals surface area contributed by atoms with Gasteiger partial charge in [-0.05, 0) is 11.6 Å². The second-order valence-electron chi connectivity index (χ2n) is 6.45. The second kappa shape index (κ2) is 8.43. The van der Waals surface area contributed by atoms with E-state index in [0.29, 0.717) is 50.2 Å². The van der Waals surface area contributed by atoms with Crippen LogP contribution >= 0.6 is 0 Å². The van der Waals surface area contributed by atoms with Crippen LogP contribution in [0.1, 0.15) is 16.1 Å². The second-order valence-corrected chi connectivity index (χ2v) is 6.45. The number of piperazine rings is 1. The van der Waals surface area contributed by atoms with Gasteiger partial charge >= 0.3 is 0 Å². The van der Waals surface area contributed by atoms with Crippen molar-refractivity contribution < 1.29 is 4.79 Å². The molecule has 1 N–H and O–H groups in total. The van der Waals surface area contributed by atoms with Gasteiger partial charge < -0.3 is 15.1 Å². The van der Waals surface area contributed by atoms with E-state index in [2.05, 4.69) is 30.2 Å². The number of rotatable bonds is 5. The number of aromatic nitrogens is 4. The summed E-state index contributed by atoms with van der Waals surface area (Å²) in [6.07, 6.45) is 6.58. The zero-order valence-electron chi connectivity index (χ0n) is 15.4. The molecule has 1 amide bonds. The highest BCUT2D eigenvalue weighted by molar-refractivity contribution is 5.92. The van der Waals surface area contributed by atoms with Gasteiger partial charge in [0.1, 0.15) is 11.5 Å². The monoisotopic (exact) mass is 375 g/mol. The van der Waals surface area contributed by atoms with Gasteiger partial charge in [-0.15, -0.1) is 0 Å². The fourth-order valence-corrected chi connectivity index (χ4v) is 3.04. The molecule has 0 saturated carbocycles. The van der Waals surface area contributed by atoms with Gasteiger partial charge in [0.15, 0.2) is 0 Å². The highest BCUT2D eigenvalue weighted by Crippen LogP contribution is 2.12. The van der Waals surface area contributed by atoms with Gasteiger partial charge in [-0.25, -0.2) is 19.9 Å². The Kier molecular flexibility index (Phi) is 5.37. The van der Waals surface area contributed by atoms with Crippen LogP contribution < -0.4 is 10.2 Å². The summed E-state index contributed by atoms with van der Waals surface area (Å²) in [6, 6.07) is 11.8. The van der Waals surface area contributed by atoms with Crippen LogP contribution in [0.4, 0.5) is 11.8 Å². The molecule has 0 aliphatic carbocycles. The lowest BCUT2D eigenvalue weighted by Crippen LogP contribution is -2.49. The Hall–Kier alpha value is -3.55. The van der Waals surface area contributed by atoms with Crippen molar-refractivity contribution in [1.29, 1.82) is 0 Å². The van der Waals surface area contributed by atoms with E-state index in [-0.39, 0.29) is 5.91 Å². The summed E-state index contributed by atoms with van der Waals surface area (Å²) in [5.74, 6) is 1.24. The molecule has 1 aromatic carbocycles. The third-order valence-corrected chi connectivity index (χ3v) is 4.59. The number of nitrogens with one attached hydrogen (secondary N) is 1. The van der Waals surface area contributed by atoms with Gasteiger partial charge in [-0.2, -0.15) is 0 Å². The summed E-state index contributed by atoms with van der Waals surface area (Å²) >= 11 is 0. The standard InChI is InChI=1S/C20H21N7O/c28-19(26-9-11-27(12-10-26)20-21-7-4-8-22-20)17-14-25-18(15-23-17)24-13-16-5-2-1-3-6-16/h1-8,14-15H,9-13H2,(H,24,25). The molecule has 0 radical (unpaired) electrons. The van der Waals surface area contributed by atoms with Gasteiger partial charge in [-0.1, -0.05) is 30.3 Å². The first-order valence-corrected chi connectivity index (χ1v) is 9.21. The van der Waals surface area contributed by atoms with Crippen LogP contribution in [0.3, 0.4) is 0 Å². The van der Waals surface area contributed by atoms with Crippen molar-refractivity contribution in [3.8, 4) is 0 Å². The summed E-state index contributed by atoms with van der Waals surface area (Å²) in [4.78, 5) is 33.7. The fourth-order valence-electron chi connectivity index (χ4n) is 3.04. The van der Waals surface area contributed by atoms with Crippen molar-refractivity contribution in [3.63, 3.8) is 0 Å². The van der Waals surface area contributed by atoms with Crippen molar-refractivity contribution in [1.82, 2.24) is 24.8 Å². The van der Waals surface area contributed by atoms with E-state index in [9.17, 15) is 4.79 Å². The third-order valence-electron chi connectivity index (χ3n) is 4.59. The van der Waals surface area contributed by atoms with Crippen LogP contribution in [-0.2, 0) is 6.54 Å². The largest absolute Gasteiger partial charge is 0.365 e. The lowest BCUT2D eigenvalue weighted by molar-refractivity contribution is 0.0740. The molecule has 3 heterocycles. The zero-order chi connectivity index (χ0) is 19.2. The molecule has 0 spiro atoms. The Balaban J connectivity index is 1.31. The van der Waals surface area contributed by atoms with Crippen LogP contribution in [0, 0.1) is 0 Å². The lowest BCUT2D eigenvalue weighted by atomic mass is 10.2. The van der Waals surface area contributed by atoms with Gasteiger partial charge in [0.05, 0.1) is 12.4 Å². The molecule has 0 unspecified atom stereocenters. The molecule has 28 heavy (non-hydrogen) atoms. The predicted molar refractivity (Wildman–Crippen MR) is 106 cm³/mol. The average Bonchev–Trinajstić information content (AvgIpc) is 2.79. The Morgan fingerprint density at radius 1 is 0.893 bits per heavy atom. The minimum Gasteiger partial charge on any atom is -0.365 e. The van der Waals surface area contributed by atoms with E-state index in [0.717, 1.165) is 5.56 Å². The van der Waals surface area contributed by atoms with E-state index in [1.807, 2.05) is 30.3 Å². The summed E-state index contributed by atoms with van der Waals surface area (Å²) in [6.45, 7) is 3.26. The van der Waals surface area contributed by atoms with Crippen molar-refractivity contribution in [2.24, 2.45) is 0 Å². The summed E-state index contributed by atoms with van der Waals surface area (Å²) in [5, 5.41) is 3.21. The lowest BCUT2D eigenvalue weighted by Gasteiger charge is -2.34. The number of anilines is 2. The van der Waals surface area contributed by atoms with E-state index in [1.54, 1.807) is 29.6 Å². The number of benzene rings is 1. The van der Waals surface area contributed by atoms with Crippen LogP contribution in [0.5, 0.6) is 0 Å². The van der Waals surface area contributed by atoms with Gasteiger partial charge in [0.2, 0.25) is 5.95 Å². The maximum Gasteiger partial charge on any atom is 0.274 e. The molecule has 8 nitrogen and oxygen atoms in total. The Bertz CT molecular complexity index is 895. The SMILES string of the molecule is O=C(c1cnc(NCc2ccccc2)cn1)N1CCN(c2ncccn2)CC1. The number of hydrogen-bond acceptors (Lipinski definition) is 7. The number of amides is 1. The van der Waals surface area contributed by atoms with Crippen LogP contribution in [-0.4, -0.2) is 56.9 Å². The molecule has 3 aromatic rings. The Morgan fingerprint density at radius 2 is 1.64 bits per heavy atom. The van der Waals surface area contributed by atoms with Crippen molar-refractivity contribution in [3.05, 3.63) is 72.4 Å². The maximum absolute atomic E-state index is 12.7. The molecular formula is C20H21N7O. The molecule has 0 bridgehead atoms. The third kappa shape index (κ3) is 4.22. The molecular weight excluding hydrogens is 354 g/mol. The zero-order valence-corrected chi connectivity index (χ0v) is 15.4. The van der Waals surface area contributed by atoms with E-state index >= 15 is 0 Å². The van der Waals surface area contributed by atoms with Crippen LogP contribution in [0.15, 0.2) is 61.2 Å². The van der Waals surface area contributed by atoms with Crippen molar-refractivity contribution >= 4 is 17.7 Å². The molecule has 142 valence electrons. The number of carbonyl (C=O) groups is 1. The molecule has 2 aromatic heterocycles. The molecule has 0 atom stereocenters. The predicted octanol–water partition coefficient (Wildman–Crippen LogP) is 1.84. The summed E-state index contributed by atoms with van der Waals surface area (Å²) < 4.78 is 0. The minimum atomic E-state index is -0.101. The first kappa shape index (κ1) is 17.8. The smallest absolute Gasteiger partial charge is 0.274 e. The van der Waals surface area contributed by atoms with E-state index in [1.165, 1.54) is 6.20 Å². The molecule has 1 saturated heterocycles. The molecule has 1 aliphatic heterocycles. The first-order chi connectivity index (χ1) is 13.8. The normalized spacial score (nSPS) is 14.0. The van der Waals surface area contributed by atoms with Crippen LogP contribution in [0.25, 0.3) is 0 Å². The summed E-state index contributed by atoms with van der Waals surface area (Å²) in [5.41, 5.74) is 1.51. The van der Waals surface area contributed by atoms with Crippen molar-refractivity contribution in [2.75, 3.05) is 36.4 Å². The fraction of sp³-hybridized carbons (Fsp3) is 0.250. The minimum absolute atomic E-state index is 0.101. The molecule has 1 aliphatic rings. The first-order valence-electron chi connectivity index (χ1n) is 9.21. The maximum atomic E-state index is 12.7. The van der Waals surface area contributed by atoms with Crippen LogP contribution in [0.2, 0.25) is 0 Å². The van der Waals surface area contributed by atoms with E-state index in [4.69, 9.17) is 0 Å². The number of carbonyl (C=O) groups excluding carboxylic acids is 1. The average molecular weight is 375 g/mol.